The van der Waals surface area contributed by atoms with Gasteiger partial charge in [0.25, 0.3) is 0 Å². The monoisotopic (exact) mass is 226 g/mol. The van der Waals surface area contributed by atoms with Crippen LogP contribution in [0.1, 0.15) is 46.0 Å². The first-order valence-corrected chi connectivity index (χ1v) is 6.52. The highest BCUT2D eigenvalue weighted by Crippen LogP contribution is 2.27. The lowest BCUT2D eigenvalue weighted by molar-refractivity contribution is -0.134. The molecule has 3 atom stereocenters. The fourth-order valence-electron chi connectivity index (χ4n) is 2.58. The lowest BCUT2D eigenvalue weighted by atomic mass is 9.85. The molecule has 1 fully saturated rings. The highest BCUT2D eigenvalue weighted by molar-refractivity contribution is 5.76. The van der Waals surface area contributed by atoms with Gasteiger partial charge >= 0.3 is 0 Å². The molecular formula is C13H26N2O. The third-order valence-electron chi connectivity index (χ3n) is 3.88. The highest BCUT2D eigenvalue weighted by atomic mass is 16.2. The second-order valence-corrected chi connectivity index (χ2v) is 5.38. The van der Waals surface area contributed by atoms with Gasteiger partial charge < -0.3 is 10.6 Å². The number of amides is 1. The van der Waals surface area contributed by atoms with E-state index in [4.69, 9.17) is 5.73 Å². The van der Waals surface area contributed by atoms with Crippen molar-refractivity contribution in [2.24, 2.45) is 17.6 Å². The Bertz CT molecular complexity index is 230. The average Bonchev–Trinajstić information content (AvgIpc) is 2.28. The van der Waals surface area contributed by atoms with E-state index in [9.17, 15) is 4.79 Å². The van der Waals surface area contributed by atoms with Gasteiger partial charge in [-0.25, -0.2) is 0 Å². The van der Waals surface area contributed by atoms with Crippen LogP contribution in [0.25, 0.3) is 0 Å². The van der Waals surface area contributed by atoms with Gasteiger partial charge in [0.1, 0.15) is 0 Å². The molecular weight excluding hydrogens is 200 g/mol. The van der Waals surface area contributed by atoms with Crippen molar-refractivity contribution in [1.29, 1.82) is 0 Å². The SMILES string of the molecule is CC(CN)CC(=O)N(C)C1CCCCC1C. The molecule has 94 valence electrons. The van der Waals surface area contributed by atoms with Gasteiger partial charge in [-0.05, 0) is 31.2 Å². The van der Waals surface area contributed by atoms with Crippen molar-refractivity contribution < 1.29 is 4.79 Å². The summed E-state index contributed by atoms with van der Waals surface area (Å²) < 4.78 is 0. The molecule has 1 aliphatic carbocycles. The molecule has 0 spiro atoms. The molecule has 0 heterocycles. The van der Waals surface area contributed by atoms with Crippen LogP contribution in [-0.4, -0.2) is 30.4 Å². The lowest BCUT2D eigenvalue weighted by Gasteiger charge is -2.36. The maximum atomic E-state index is 12.0. The Hall–Kier alpha value is -0.570. The largest absolute Gasteiger partial charge is 0.343 e. The topological polar surface area (TPSA) is 46.3 Å². The summed E-state index contributed by atoms with van der Waals surface area (Å²) in [4.78, 5) is 14.0. The molecule has 1 aliphatic rings. The summed E-state index contributed by atoms with van der Waals surface area (Å²) in [6.45, 7) is 4.90. The molecule has 0 aromatic carbocycles. The van der Waals surface area contributed by atoms with Crippen molar-refractivity contribution in [3.05, 3.63) is 0 Å². The van der Waals surface area contributed by atoms with Gasteiger partial charge in [0, 0.05) is 19.5 Å². The Morgan fingerprint density at radius 1 is 1.44 bits per heavy atom. The van der Waals surface area contributed by atoms with E-state index >= 15 is 0 Å². The number of carbonyl (C=O) groups excluding carboxylic acids is 1. The Balaban J connectivity index is 2.48. The summed E-state index contributed by atoms with van der Waals surface area (Å²) >= 11 is 0. The molecule has 1 rings (SSSR count). The molecule has 0 radical (unpaired) electrons. The fourth-order valence-corrected chi connectivity index (χ4v) is 2.58. The average molecular weight is 226 g/mol. The van der Waals surface area contributed by atoms with E-state index in [1.165, 1.54) is 25.7 Å². The maximum absolute atomic E-state index is 12.0. The van der Waals surface area contributed by atoms with Gasteiger partial charge in [-0.2, -0.15) is 0 Å². The summed E-state index contributed by atoms with van der Waals surface area (Å²) in [6.07, 6.45) is 5.60. The zero-order valence-corrected chi connectivity index (χ0v) is 10.9. The summed E-state index contributed by atoms with van der Waals surface area (Å²) in [5.74, 6) is 1.21. The molecule has 0 bridgehead atoms. The van der Waals surface area contributed by atoms with Gasteiger partial charge in [-0.3, -0.25) is 4.79 Å². The van der Waals surface area contributed by atoms with E-state index in [1.54, 1.807) is 0 Å². The predicted octanol–water partition coefficient (Wildman–Crippen LogP) is 2.01. The van der Waals surface area contributed by atoms with E-state index in [0.29, 0.717) is 30.8 Å². The molecule has 1 saturated carbocycles. The number of hydrogen-bond donors (Lipinski definition) is 1. The Morgan fingerprint density at radius 2 is 2.06 bits per heavy atom. The molecule has 0 saturated heterocycles. The van der Waals surface area contributed by atoms with Crippen molar-refractivity contribution in [2.75, 3.05) is 13.6 Å². The van der Waals surface area contributed by atoms with Crippen LogP contribution in [0.4, 0.5) is 0 Å². The van der Waals surface area contributed by atoms with Crippen molar-refractivity contribution in [3.63, 3.8) is 0 Å². The normalized spacial score (nSPS) is 27.5. The maximum Gasteiger partial charge on any atom is 0.222 e. The van der Waals surface area contributed by atoms with Crippen molar-refractivity contribution in [2.45, 2.75) is 52.0 Å². The third kappa shape index (κ3) is 3.48. The van der Waals surface area contributed by atoms with E-state index < -0.39 is 0 Å². The Kier molecular flexibility index (Phi) is 5.26. The minimum Gasteiger partial charge on any atom is -0.343 e. The molecule has 0 aromatic rings. The van der Waals surface area contributed by atoms with Crippen molar-refractivity contribution in [3.8, 4) is 0 Å². The number of nitrogens with zero attached hydrogens (tertiary/aromatic N) is 1. The first kappa shape index (κ1) is 13.5. The molecule has 3 heteroatoms. The standard InChI is InChI=1S/C13H26N2O/c1-10(9-14)8-13(16)15(3)12-7-5-4-6-11(12)2/h10-12H,4-9,14H2,1-3H3. The van der Waals surface area contributed by atoms with E-state index in [1.807, 2.05) is 18.9 Å². The van der Waals surface area contributed by atoms with Crippen LogP contribution in [0.2, 0.25) is 0 Å². The van der Waals surface area contributed by atoms with Gasteiger partial charge in [-0.1, -0.05) is 26.7 Å². The van der Waals surface area contributed by atoms with Crippen LogP contribution >= 0.6 is 0 Å². The lowest BCUT2D eigenvalue weighted by Crippen LogP contribution is -2.43. The molecule has 2 N–H and O–H groups in total. The Morgan fingerprint density at radius 3 is 2.62 bits per heavy atom. The number of nitrogens with two attached hydrogens (primary N) is 1. The molecule has 0 aliphatic heterocycles. The third-order valence-corrected chi connectivity index (χ3v) is 3.88. The van der Waals surface area contributed by atoms with Crippen molar-refractivity contribution >= 4 is 5.91 Å². The molecule has 3 nitrogen and oxygen atoms in total. The first-order chi connectivity index (χ1) is 7.56. The van der Waals surface area contributed by atoms with Crippen LogP contribution in [-0.2, 0) is 4.79 Å². The van der Waals surface area contributed by atoms with Crippen LogP contribution in [0.5, 0.6) is 0 Å². The molecule has 3 unspecified atom stereocenters. The van der Waals surface area contributed by atoms with Gasteiger partial charge in [0.2, 0.25) is 5.91 Å². The van der Waals surface area contributed by atoms with Crippen LogP contribution in [0.3, 0.4) is 0 Å². The number of hydrogen-bond acceptors (Lipinski definition) is 2. The smallest absolute Gasteiger partial charge is 0.222 e. The van der Waals surface area contributed by atoms with Crippen LogP contribution < -0.4 is 5.73 Å². The van der Waals surface area contributed by atoms with Gasteiger partial charge in [-0.15, -0.1) is 0 Å². The summed E-state index contributed by atoms with van der Waals surface area (Å²) in [6, 6.07) is 0.450. The van der Waals surface area contributed by atoms with Gasteiger partial charge in [0.05, 0.1) is 0 Å². The van der Waals surface area contributed by atoms with Crippen LogP contribution in [0, 0.1) is 11.8 Å². The molecule has 1 amide bonds. The number of rotatable bonds is 4. The summed E-state index contributed by atoms with van der Waals surface area (Å²) in [5, 5.41) is 0. The van der Waals surface area contributed by atoms with E-state index in [-0.39, 0.29) is 5.91 Å². The summed E-state index contributed by atoms with van der Waals surface area (Å²) in [5.41, 5.74) is 5.56. The van der Waals surface area contributed by atoms with Crippen LogP contribution in [0.15, 0.2) is 0 Å². The fraction of sp³-hybridized carbons (Fsp3) is 0.923. The molecule has 16 heavy (non-hydrogen) atoms. The quantitative estimate of drug-likeness (QED) is 0.797. The second kappa shape index (κ2) is 6.24. The summed E-state index contributed by atoms with van der Waals surface area (Å²) in [7, 11) is 1.96. The van der Waals surface area contributed by atoms with Gasteiger partial charge in [0.15, 0.2) is 0 Å². The second-order valence-electron chi connectivity index (χ2n) is 5.38. The predicted molar refractivity (Wildman–Crippen MR) is 67.0 cm³/mol. The highest BCUT2D eigenvalue weighted by Gasteiger charge is 2.27. The number of carbonyl (C=O) groups is 1. The minimum absolute atomic E-state index is 0.261. The first-order valence-electron chi connectivity index (χ1n) is 6.52. The molecule has 0 aromatic heterocycles. The van der Waals surface area contributed by atoms with E-state index in [2.05, 4.69) is 6.92 Å². The zero-order valence-electron chi connectivity index (χ0n) is 10.9. The Labute approximate surface area is 99.4 Å². The zero-order chi connectivity index (χ0) is 12.1. The van der Waals surface area contributed by atoms with Crippen molar-refractivity contribution in [1.82, 2.24) is 4.90 Å². The minimum atomic E-state index is 0.261. The van der Waals surface area contributed by atoms with E-state index in [0.717, 1.165) is 0 Å².